The normalized spacial score (nSPS) is 11.9. The highest BCUT2D eigenvalue weighted by atomic mass is 35.5. The fourth-order valence-corrected chi connectivity index (χ4v) is 4.52. The van der Waals surface area contributed by atoms with E-state index in [0.717, 1.165) is 4.31 Å². The first-order valence-corrected chi connectivity index (χ1v) is 9.71. The van der Waals surface area contributed by atoms with Crippen LogP contribution in [0.15, 0.2) is 35.6 Å². The molecule has 27 heavy (non-hydrogen) atoms. The zero-order chi connectivity index (χ0) is 19.9. The number of para-hydroxylation sites is 1. The van der Waals surface area contributed by atoms with Crippen LogP contribution >= 0.6 is 11.6 Å². The molecule has 0 amide bonds. The van der Waals surface area contributed by atoms with Gasteiger partial charge in [0.2, 0.25) is 0 Å². The highest BCUT2D eigenvalue weighted by molar-refractivity contribution is 7.92. The van der Waals surface area contributed by atoms with E-state index < -0.39 is 27.2 Å². The number of halogens is 1. The minimum atomic E-state index is -4.31. The van der Waals surface area contributed by atoms with Gasteiger partial charge in [-0.2, -0.15) is 13.4 Å². The minimum absolute atomic E-state index is 0.00903. The summed E-state index contributed by atoms with van der Waals surface area (Å²) >= 11 is 6.18. The van der Waals surface area contributed by atoms with Crippen molar-refractivity contribution in [2.24, 2.45) is 0 Å². The van der Waals surface area contributed by atoms with Crippen LogP contribution in [0.1, 0.15) is 29.9 Å². The van der Waals surface area contributed by atoms with Crippen molar-refractivity contribution in [1.29, 1.82) is 0 Å². The van der Waals surface area contributed by atoms with Crippen LogP contribution in [0.2, 0.25) is 5.02 Å². The third kappa shape index (κ3) is 3.21. The Kier molecular flexibility index (Phi) is 4.79. The van der Waals surface area contributed by atoms with E-state index in [4.69, 9.17) is 11.6 Å². The molecule has 0 aliphatic carbocycles. The van der Waals surface area contributed by atoms with E-state index in [-0.39, 0.29) is 22.1 Å². The van der Waals surface area contributed by atoms with Crippen molar-refractivity contribution in [3.63, 3.8) is 0 Å². The summed E-state index contributed by atoms with van der Waals surface area (Å²) in [6, 6.07) is 5.17. The lowest BCUT2D eigenvalue weighted by Crippen LogP contribution is -2.39. The molecule has 11 heteroatoms. The largest absolute Gasteiger partial charge is 0.478 e. The van der Waals surface area contributed by atoms with Gasteiger partial charge in [-0.05, 0) is 39.0 Å². The summed E-state index contributed by atoms with van der Waals surface area (Å²) in [5.74, 6) is -1.18. The maximum Gasteiger partial charge on any atom is 0.337 e. The van der Waals surface area contributed by atoms with Gasteiger partial charge in [0.1, 0.15) is 0 Å². The summed E-state index contributed by atoms with van der Waals surface area (Å²) < 4.78 is 28.8. The van der Waals surface area contributed by atoms with Gasteiger partial charge < -0.3 is 5.11 Å². The van der Waals surface area contributed by atoms with Crippen LogP contribution < -0.4 is 4.31 Å². The van der Waals surface area contributed by atoms with Crippen molar-refractivity contribution in [3.05, 3.63) is 46.7 Å². The van der Waals surface area contributed by atoms with E-state index in [1.54, 1.807) is 26.8 Å². The molecule has 0 bridgehead atoms. The van der Waals surface area contributed by atoms with Crippen molar-refractivity contribution in [2.75, 3.05) is 4.31 Å². The molecule has 3 rings (SSSR count). The number of aromatic nitrogens is 4. The van der Waals surface area contributed by atoms with Crippen molar-refractivity contribution >= 4 is 39.1 Å². The van der Waals surface area contributed by atoms with E-state index >= 15 is 0 Å². The Morgan fingerprint density at radius 2 is 2.00 bits per heavy atom. The average molecular weight is 410 g/mol. The maximum atomic E-state index is 13.3. The number of carboxylic acid groups (broad SMARTS) is 1. The highest BCUT2D eigenvalue weighted by Gasteiger charge is 2.35. The number of fused-ring (bicyclic) bond motifs is 1. The van der Waals surface area contributed by atoms with Crippen LogP contribution in [0.25, 0.3) is 5.78 Å². The number of carbonyl (C=O) groups is 1. The molecular weight excluding hydrogens is 394 g/mol. The zero-order valence-corrected chi connectivity index (χ0v) is 16.2. The van der Waals surface area contributed by atoms with Crippen LogP contribution in [-0.4, -0.2) is 45.1 Å². The third-order valence-electron chi connectivity index (χ3n) is 3.81. The number of aryl methyl sites for hydroxylation is 1. The third-order valence-corrected chi connectivity index (χ3v) is 5.87. The molecule has 0 saturated carbocycles. The second-order valence-electron chi connectivity index (χ2n) is 6.03. The summed E-state index contributed by atoms with van der Waals surface area (Å²) in [5.41, 5.74) is 0.275. The molecule has 1 N–H and O–H groups in total. The van der Waals surface area contributed by atoms with E-state index in [2.05, 4.69) is 15.1 Å². The average Bonchev–Trinajstić information content (AvgIpc) is 3.02. The first-order valence-electron chi connectivity index (χ1n) is 7.89. The molecule has 9 nitrogen and oxygen atoms in total. The summed E-state index contributed by atoms with van der Waals surface area (Å²) in [6.07, 6.45) is 1.49. The van der Waals surface area contributed by atoms with Gasteiger partial charge in [-0.3, -0.25) is 4.31 Å². The quantitative estimate of drug-likeness (QED) is 0.687. The van der Waals surface area contributed by atoms with Crippen molar-refractivity contribution in [1.82, 2.24) is 19.6 Å². The van der Waals surface area contributed by atoms with Gasteiger partial charge in [0.15, 0.2) is 0 Å². The predicted molar refractivity (Wildman–Crippen MR) is 98.7 cm³/mol. The molecule has 0 aliphatic heterocycles. The number of benzene rings is 1. The molecule has 0 aliphatic rings. The predicted octanol–water partition coefficient (Wildman–Crippen LogP) is 2.39. The molecule has 3 aromatic rings. The molecule has 0 spiro atoms. The molecule has 0 atom stereocenters. The number of aromatic carboxylic acids is 1. The Bertz CT molecular complexity index is 1140. The second kappa shape index (κ2) is 6.78. The Hall–Kier alpha value is -2.72. The number of sulfonamides is 1. The van der Waals surface area contributed by atoms with Crippen LogP contribution in [0.4, 0.5) is 5.69 Å². The van der Waals surface area contributed by atoms with Gasteiger partial charge in [0.05, 0.1) is 16.3 Å². The van der Waals surface area contributed by atoms with Gasteiger partial charge in [-0.25, -0.2) is 14.3 Å². The van der Waals surface area contributed by atoms with E-state index in [1.165, 1.54) is 28.9 Å². The molecule has 0 unspecified atom stereocenters. The number of carboxylic acids is 1. The highest BCUT2D eigenvalue weighted by Crippen LogP contribution is 2.35. The molecule has 2 heterocycles. The van der Waals surface area contributed by atoms with Crippen molar-refractivity contribution < 1.29 is 18.3 Å². The number of hydrogen-bond acceptors (Lipinski definition) is 6. The second-order valence-corrected chi connectivity index (χ2v) is 8.14. The van der Waals surface area contributed by atoms with Gasteiger partial charge >= 0.3 is 16.0 Å². The van der Waals surface area contributed by atoms with Crippen LogP contribution in [0, 0.1) is 6.92 Å². The Morgan fingerprint density at radius 3 is 2.59 bits per heavy atom. The Balaban J connectivity index is 2.26. The van der Waals surface area contributed by atoms with Crippen LogP contribution in [0.3, 0.4) is 0 Å². The molecular formula is C16H16ClN5O4S. The van der Waals surface area contributed by atoms with Crippen molar-refractivity contribution in [2.45, 2.75) is 32.0 Å². The van der Waals surface area contributed by atoms with Crippen molar-refractivity contribution in [3.8, 4) is 0 Å². The SMILES string of the molecule is Cc1ccnc2nc(S(=O)(=O)N(c3c(Cl)cccc3C(=O)O)C(C)C)nn12. The van der Waals surface area contributed by atoms with Gasteiger partial charge in [-0.15, -0.1) is 5.10 Å². The summed E-state index contributed by atoms with van der Waals surface area (Å²) in [4.78, 5) is 19.6. The van der Waals surface area contributed by atoms with Crippen LogP contribution in [-0.2, 0) is 10.0 Å². The lowest BCUT2D eigenvalue weighted by atomic mass is 10.1. The molecule has 2 aromatic heterocycles. The number of hydrogen-bond donors (Lipinski definition) is 1. The lowest BCUT2D eigenvalue weighted by molar-refractivity contribution is 0.0697. The molecule has 1 aromatic carbocycles. The summed E-state index contributed by atoms with van der Waals surface area (Å²) in [5, 5.41) is 13.0. The molecule has 0 fully saturated rings. The van der Waals surface area contributed by atoms with E-state index in [9.17, 15) is 18.3 Å². The smallest absolute Gasteiger partial charge is 0.337 e. The van der Waals surface area contributed by atoms with Gasteiger partial charge in [0, 0.05) is 17.9 Å². The molecule has 0 radical (unpaired) electrons. The fourth-order valence-electron chi connectivity index (χ4n) is 2.65. The van der Waals surface area contributed by atoms with E-state index in [0.29, 0.717) is 5.69 Å². The topological polar surface area (TPSA) is 118 Å². The van der Waals surface area contributed by atoms with E-state index in [1.807, 2.05) is 0 Å². The Morgan fingerprint density at radius 1 is 1.30 bits per heavy atom. The fraction of sp³-hybridized carbons (Fsp3) is 0.250. The number of anilines is 1. The first kappa shape index (κ1) is 19.1. The Labute approximate surface area is 160 Å². The number of nitrogens with zero attached hydrogens (tertiary/aromatic N) is 5. The monoisotopic (exact) mass is 409 g/mol. The van der Waals surface area contributed by atoms with Gasteiger partial charge in [0.25, 0.3) is 10.9 Å². The first-order chi connectivity index (χ1) is 12.6. The molecule has 142 valence electrons. The standard InChI is InChI=1S/C16H16ClN5O4S/c1-9(2)22(13-11(14(23)24)5-4-6-12(13)17)27(25,26)16-19-15-18-8-7-10(3)21(15)20-16/h4-9H,1-3H3,(H,23,24). The minimum Gasteiger partial charge on any atom is -0.478 e. The zero-order valence-electron chi connectivity index (χ0n) is 14.7. The van der Waals surface area contributed by atoms with Crippen LogP contribution in [0.5, 0.6) is 0 Å². The summed E-state index contributed by atoms with van der Waals surface area (Å²) in [6.45, 7) is 4.94. The number of rotatable bonds is 5. The lowest BCUT2D eigenvalue weighted by Gasteiger charge is -2.28. The maximum absolute atomic E-state index is 13.3. The summed E-state index contributed by atoms with van der Waals surface area (Å²) in [7, 11) is -4.31. The van der Waals surface area contributed by atoms with Gasteiger partial charge in [-0.1, -0.05) is 17.7 Å². The molecule has 0 saturated heterocycles.